The molecule has 4 aromatic rings. The van der Waals surface area contributed by atoms with Crippen molar-refractivity contribution < 1.29 is 5.11 Å². The van der Waals surface area contributed by atoms with Gasteiger partial charge in [-0.2, -0.15) is 0 Å². The monoisotopic (exact) mass is 419 g/mol. The van der Waals surface area contributed by atoms with Gasteiger partial charge in [-0.25, -0.2) is 9.97 Å². The molecule has 1 aliphatic heterocycles. The molecule has 3 aromatic heterocycles. The normalized spacial score (nSPS) is 18.7. The largest absolute Gasteiger partial charge is 0.390 e. The highest BCUT2D eigenvalue weighted by Gasteiger charge is 2.28. The highest BCUT2D eigenvalue weighted by atomic mass is 35.5. The molecule has 2 N–H and O–H groups in total. The Morgan fingerprint density at radius 1 is 1.13 bits per heavy atom. The zero-order chi connectivity index (χ0) is 20.7. The second-order valence-electron chi connectivity index (χ2n) is 7.25. The minimum atomic E-state index is -0.641. The standard InChI is InChI=1S/C22H18ClN5O2/c23-15-5-3-13(4-6-15)17-8-16-21(20(27-17)14-2-1-7-24-9-14)26-12-28(22(16)30)18-10-25-11-19(18)29/h1-9,12,18-19,25,29H,10-11H2/t18-,19-/m1/s1. The number of nitrogens with zero attached hydrogens (tertiary/aromatic N) is 4. The summed E-state index contributed by atoms with van der Waals surface area (Å²) in [6, 6.07) is 12.4. The van der Waals surface area contributed by atoms with E-state index in [9.17, 15) is 9.90 Å². The molecular formula is C22H18ClN5O2. The van der Waals surface area contributed by atoms with Crippen LogP contribution in [0.15, 0.2) is 66.0 Å². The molecule has 0 radical (unpaired) electrons. The molecule has 0 unspecified atom stereocenters. The molecule has 0 amide bonds. The topological polar surface area (TPSA) is 92.9 Å². The van der Waals surface area contributed by atoms with E-state index in [-0.39, 0.29) is 11.6 Å². The Bertz CT molecular complexity index is 1270. The van der Waals surface area contributed by atoms with E-state index in [2.05, 4.69) is 15.3 Å². The van der Waals surface area contributed by atoms with Gasteiger partial charge in [0, 0.05) is 41.6 Å². The van der Waals surface area contributed by atoms with Gasteiger partial charge in [0.2, 0.25) is 0 Å². The zero-order valence-corrected chi connectivity index (χ0v) is 16.6. The minimum Gasteiger partial charge on any atom is -0.390 e. The summed E-state index contributed by atoms with van der Waals surface area (Å²) in [5, 5.41) is 14.4. The van der Waals surface area contributed by atoms with Crippen LogP contribution in [0, 0.1) is 0 Å². The fourth-order valence-corrected chi connectivity index (χ4v) is 3.91. The predicted molar refractivity (Wildman–Crippen MR) is 115 cm³/mol. The van der Waals surface area contributed by atoms with E-state index in [0.717, 1.165) is 11.1 Å². The number of β-amino-alcohol motifs (C(OH)–C–C–N with tert-alkyl or cyclic N) is 1. The molecule has 4 heterocycles. The first-order valence-electron chi connectivity index (χ1n) is 9.59. The first-order valence-corrected chi connectivity index (χ1v) is 9.96. The number of nitrogens with one attached hydrogen (secondary N) is 1. The van der Waals surface area contributed by atoms with Crippen molar-refractivity contribution in [2.75, 3.05) is 13.1 Å². The molecule has 7 nitrogen and oxygen atoms in total. The lowest BCUT2D eigenvalue weighted by Crippen LogP contribution is -2.32. The van der Waals surface area contributed by atoms with Crippen LogP contribution in [0.25, 0.3) is 33.4 Å². The number of benzene rings is 1. The van der Waals surface area contributed by atoms with Crippen LogP contribution in [0.4, 0.5) is 0 Å². The molecule has 8 heteroatoms. The van der Waals surface area contributed by atoms with Crippen LogP contribution < -0.4 is 10.9 Å². The Morgan fingerprint density at radius 2 is 1.97 bits per heavy atom. The number of aromatic nitrogens is 4. The first kappa shape index (κ1) is 18.9. The van der Waals surface area contributed by atoms with Gasteiger partial charge >= 0.3 is 0 Å². The number of hydrogen-bond donors (Lipinski definition) is 2. The van der Waals surface area contributed by atoms with Crippen LogP contribution in [0.5, 0.6) is 0 Å². The maximum absolute atomic E-state index is 13.4. The van der Waals surface area contributed by atoms with E-state index in [0.29, 0.717) is 40.4 Å². The molecule has 0 bridgehead atoms. The van der Waals surface area contributed by atoms with E-state index in [4.69, 9.17) is 16.6 Å². The van der Waals surface area contributed by atoms with Crippen LogP contribution in [0.3, 0.4) is 0 Å². The highest BCUT2D eigenvalue weighted by Crippen LogP contribution is 2.29. The van der Waals surface area contributed by atoms with Gasteiger partial charge in [-0.1, -0.05) is 23.7 Å². The molecule has 1 fully saturated rings. The van der Waals surface area contributed by atoms with Gasteiger partial charge in [0.1, 0.15) is 5.52 Å². The molecule has 30 heavy (non-hydrogen) atoms. The molecule has 2 atom stereocenters. The Morgan fingerprint density at radius 3 is 2.67 bits per heavy atom. The number of aliphatic hydroxyl groups is 1. The summed E-state index contributed by atoms with van der Waals surface area (Å²) < 4.78 is 1.51. The maximum Gasteiger partial charge on any atom is 0.261 e. The van der Waals surface area contributed by atoms with Crippen LogP contribution in [0.1, 0.15) is 6.04 Å². The number of pyridine rings is 2. The second kappa shape index (κ2) is 7.60. The minimum absolute atomic E-state index is 0.212. The van der Waals surface area contributed by atoms with Crippen molar-refractivity contribution in [2.24, 2.45) is 0 Å². The van der Waals surface area contributed by atoms with E-state index < -0.39 is 6.10 Å². The maximum atomic E-state index is 13.4. The van der Waals surface area contributed by atoms with Crippen molar-refractivity contribution in [2.45, 2.75) is 12.1 Å². The third kappa shape index (κ3) is 3.27. The van der Waals surface area contributed by atoms with Crippen LogP contribution >= 0.6 is 11.6 Å². The van der Waals surface area contributed by atoms with E-state index >= 15 is 0 Å². The lowest BCUT2D eigenvalue weighted by molar-refractivity contribution is 0.149. The molecular weight excluding hydrogens is 402 g/mol. The Balaban J connectivity index is 1.78. The summed E-state index contributed by atoms with van der Waals surface area (Å²) in [5.41, 5.74) is 3.12. The summed E-state index contributed by atoms with van der Waals surface area (Å²) in [7, 11) is 0. The van der Waals surface area contributed by atoms with Gasteiger partial charge in [0.25, 0.3) is 5.56 Å². The molecule has 1 aromatic carbocycles. The van der Waals surface area contributed by atoms with Crippen LogP contribution in [-0.2, 0) is 0 Å². The van der Waals surface area contributed by atoms with Gasteiger partial charge in [-0.05, 0) is 30.3 Å². The molecule has 0 aliphatic carbocycles. The third-order valence-corrected chi connectivity index (χ3v) is 5.60. The van der Waals surface area contributed by atoms with Gasteiger partial charge in [-0.15, -0.1) is 0 Å². The second-order valence-corrected chi connectivity index (χ2v) is 7.69. The van der Waals surface area contributed by atoms with Crippen molar-refractivity contribution in [1.82, 2.24) is 24.8 Å². The average Bonchev–Trinajstić information content (AvgIpc) is 3.20. The lowest BCUT2D eigenvalue weighted by atomic mass is 10.1. The van der Waals surface area contributed by atoms with Crippen molar-refractivity contribution in [3.05, 3.63) is 76.6 Å². The zero-order valence-electron chi connectivity index (χ0n) is 15.9. The van der Waals surface area contributed by atoms with E-state index in [1.54, 1.807) is 30.6 Å². The third-order valence-electron chi connectivity index (χ3n) is 5.35. The van der Waals surface area contributed by atoms with Crippen molar-refractivity contribution in [1.29, 1.82) is 0 Å². The number of hydrogen-bond acceptors (Lipinski definition) is 6. The summed E-state index contributed by atoms with van der Waals surface area (Å²) in [4.78, 5) is 26.9. The number of fused-ring (bicyclic) bond motifs is 1. The molecule has 1 saturated heterocycles. The number of rotatable bonds is 3. The summed E-state index contributed by atoms with van der Waals surface area (Å²) in [6.07, 6.45) is 4.24. The summed E-state index contributed by atoms with van der Waals surface area (Å²) in [6.45, 7) is 0.960. The van der Waals surface area contributed by atoms with Crippen molar-refractivity contribution in [3.63, 3.8) is 0 Å². The van der Waals surface area contributed by atoms with Gasteiger partial charge in [0.05, 0.1) is 35.2 Å². The van der Waals surface area contributed by atoms with Gasteiger partial charge in [0.15, 0.2) is 0 Å². The molecule has 0 saturated carbocycles. The Kier molecular flexibility index (Phi) is 4.78. The van der Waals surface area contributed by atoms with E-state index in [1.807, 2.05) is 24.3 Å². The van der Waals surface area contributed by atoms with E-state index in [1.165, 1.54) is 10.9 Å². The number of halogens is 1. The fourth-order valence-electron chi connectivity index (χ4n) is 3.79. The van der Waals surface area contributed by atoms with Gasteiger partial charge < -0.3 is 10.4 Å². The summed E-state index contributed by atoms with van der Waals surface area (Å²) in [5.74, 6) is 0. The van der Waals surface area contributed by atoms with Gasteiger partial charge in [-0.3, -0.25) is 14.3 Å². The quantitative estimate of drug-likeness (QED) is 0.530. The Labute approximate surface area is 177 Å². The first-order chi connectivity index (χ1) is 14.6. The fraction of sp³-hybridized carbons (Fsp3) is 0.182. The van der Waals surface area contributed by atoms with Crippen LogP contribution in [-0.4, -0.2) is 43.8 Å². The SMILES string of the molecule is O=c1c2cc(-c3ccc(Cl)cc3)nc(-c3cccnc3)c2ncn1[C@@H]1CNC[C@H]1O. The molecule has 150 valence electrons. The Hall–Kier alpha value is -3.13. The average molecular weight is 420 g/mol. The molecule has 5 rings (SSSR count). The van der Waals surface area contributed by atoms with Crippen molar-refractivity contribution >= 4 is 22.5 Å². The molecule has 0 spiro atoms. The molecule has 1 aliphatic rings. The highest BCUT2D eigenvalue weighted by molar-refractivity contribution is 6.30. The van der Waals surface area contributed by atoms with Crippen LogP contribution in [0.2, 0.25) is 5.02 Å². The smallest absolute Gasteiger partial charge is 0.261 e. The number of aliphatic hydroxyl groups excluding tert-OH is 1. The van der Waals surface area contributed by atoms with Crippen molar-refractivity contribution in [3.8, 4) is 22.5 Å². The predicted octanol–water partition coefficient (Wildman–Crippen LogP) is 2.68. The lowest BCUT2D eigenvalue weighted by Gasteiger charge is -2.17. The summed E-state index contributed by atoms with van der Waals surface area (Å²) >= 11 is 6.03.